The number of aromatic nitrogens is 2. The van der Waals surface area contributed by atoms with Crippen LogP contribution in [0.25, 0.3) is 11.4 Å². The Hall–Kier alpha value is -2.62. The summed E-state index contributed by atoms with van der Waals surface area (Å²) in [5.41, 5.74) is 0.209. The molecule has 33 heavy (non-hydrogen) atoms. The predicted molar refractivity (Wildman–Crippen MR) is 118 cm³/mol. The average molecular weight is 499 g/mol. The van der Waals surface area contributed by atoms with Crippen LogP contribution in [-0.4, -0.2) is 34.0 Å². The number of hydrogen-bond donors (Lipinski definition) is 1. The van der Waals surface area contributed by atoms with E-state index in [0.717, 1.165) is 12.1 Å². The maximum absolute atomic E-state index is 12.7. The van der Waals surface area contributed by atoms with Crippen molar-refractivity contribution in [3.63, 3.8) is 0 Å². The number of amides is 1. The van der Waals surface area contributed by atoms with Crippen LogP contribution in [0.2, 0.25) is 10.0 Å². The van der Waals surface area contributed by atoms with E-state index in [9.17, 15) is 18.0 Å². The summed E-state index contributed by atoms with van der Waals surface area (Å²) in [6.45, 7) is 1.72. The van der Waals surface area contributed by atoms with Crippen molar-refractivity contribution in [1.82, 2.24) is 15.0 Å². The van der Waals surface area contributed by atoms with Gasteiger partial charge in [-0.25, -0.2) is 0 Å². The molecule has 0 atom stereocenters. The van der Waals surface area contributed by atoms with Gasteiger partial charge in [-0.2, -0.15) is 18.2 Å². The molecular weight excluding hydrogens is 480 g/mol. The Bertz CT molecular complexity index is 1130. The Balaban J connectivity index is 1.28. The van der Waals surface area contributed by atoms with Crippen molar-refractivity contribution in [1.29, 1.82) is 0 Å². The van der Waals surface area contributed by atoms with Crippen LogP contribution < -0.4 is 5.32 Å². The summed E-state index contributed by atoms with van der Waals surface area (Å²) < 4.78 is 43.3. The van der Waals surface area contributed by atoms with Gasteiger partial charge in [0.25, 0.3) is 0 Å². The van der Waals surface area contributed by atoms with Gasteiger partial charge in [-0.15, -0.1) is 0 Å². The summed E-state index contributed by atoms with van der Waals surface area (Å²) in [6, 6.07) is 9.45. The number of piperidine rings is 1. The van der Waals surface area contributed by atoms with Crippen LogP contribution in [0.4, 0.5) is 18.9 Å². The molecule has 1 amide bonds. The van der Waals surface area contributed by atoms with E-state index in [1.54, 1.807) is 18.2 Å². The number of hydrogen-bond acceptors (Lipinski definition) is 5. The quantitative estimate of drug-likeness (QED) is 0.473. The molecule has 3 aromatic rings. The first-order chi connectivity index (χ1) is 15.7. The van der Waals surface area contributed by atoms with E-state index in [4.69, 9.17) is 27.7 Å². The molecule has 0 aliphatic carbocycles. The molecule has 1 aliphatic heterocycles. The van der Waals surface area contributed by atoms with Crippen molar-refractivity contribution >= 4 is 34.8 Å². The van der Waals surface area contributed by atoms with Crippen LogP contribution in [-0.2, 0) is 17.5 Å². The maximum atomic E-state index is 12.7. The highest BCUT2D eigenvalue weighted by molar-refractivity contribution is 6.36. The number of carbonyl (C=O) groups is 1. The Kier molecular flexibility index (Phi) is 6.92. The van der Waals surface area contributed by atoms with Crippen LogP contribution in [0.1, 0.15) is 24.3 Å². The lowest BCUT2D eigenvalue weighted by Crippen LogP contribution is -2.37. The summed E-state index contributed by atoms with van der Waals surface area (Å²) in [4.78, 5) is 19.0. The number of alkyl halides is 3. The summed E-state index contributed by atoms with van der Waals surface area (Å²) in [5, 5.41) is 7.61. The van der Waals surface area contributed by atoms with Gasteiger partial charge in [0.05, 0.1) is 17.1 Å². The van der Waals surface area contributed by atoms with Crippen LogP contribution in [0.5, 0.6) is 0 Å². The van der Waals surface area contributed by atoms with Crippen molar-refractivity contribution in [3.8, 4) is 11.4 Å². The second kappa shape index (κ2) is 9.70. The third kappa shape index (κ3) is 5.85. The van der Waals surface area contributed by atoms with Gasteiger partial charge in [0.2, 0.25) is 17.6 Å². The monoisotopic (exact) mass is 498 g/mol. The first-order valence-electron chi connectivity index (χ1n) is 10.2. The molecule has 0 saturated carbocycles. The van der Waals surface area contributed by atoms with Gasteiger partial charge in [0, 0.05) is 22.2 Å². The summed E-state index contributed by atoms with van der Waals surface area (Å²) in [7, 11) is 0. The molecule has 174 valence electrons. The zero-order chi connectivity index (χ0) is 23.6. The van der Waals surface area contributed by atoms with E-state index in [-0.39, 0.29) is 11.8 Å². The standard InChI is InChI=1S/C22H19Cl2F3N4O2/c23-15-3-6-17(18(24)11-15)20-29-19(33-30-20)12-31-9-7-13(8-10-31)21(32)28-16-4-1-14(2-5-16)22(25,26)27/h1-6,11,13H,7-10,12H2,(H,28,32). The van der Waals surface area contributed by atoms with Gasteiger partial charge < -0.3 is 9.84 Å². The van der Waals surface area contributed by atoms with Crippen molar-refractivity contribution in [3.05, 3.63) is 64.0 Å². The number of carbonyl (C=O) groups excluding carboxylic acids is 1. The Morgan fingerprint density at radius 3 is 2.45 bits per heavy atom. The zero-order valence-corrected chi connectivity index (χ0v) is 18.7. The second-order valence-corrected chi connectivity index (χ2v) is 8.59. The molecule has 6 nitrogen and oxygen atoms in total. The van der Waals surface area contributed by atoms with Crippen LogP contribution in [0.3, 0.4) is 0 Å². The number of nitrogens with one attached hydrogen (secondary N) is 1. The SMILES string of the molecule is O=C(Nc1ccc(C(F)(F)F)cc1)C1CCN(Cc2nc(-c3ccc(Cl)cc3Cl)no2)CC1. The third-order valence-corrected chi connectivity index (χ3v) is 5.98. The Morgan fingerprint density at radius 1 is 1.12 bits per heavy atom. The van der Waals surface area contributed by atoms with E-state index < -0.39 is 11.7 Å². The largest absolute Gasteiger partial charge is 0.416 e. The first-order valence-corrected chi connectivity index (χ1v) is 10.9. The lowest BCUT2D eigenvalue weighted by molar-refractivity contribution is -0.137. The van der Waals surface area contributed by atoms with E-state index in [2.05, 4.69) is 20.4 Å². The van der Waals surface area contributed by atoms with Gasteiger partial charge >= 0.3 is 6.18 Å². The normalized spacial score (nSPS) is 15.5. The number of halogens is 5. The van der Waals surface area contributed by atoms with Crippen molar-refractivity contribution < 1.29 is 22.5 Å². The molecule has 2 aromatic carbocycles. The van der Waals surface area contributed by atoms with E-state index >= 15 is 0 Å². The molecule has 0 radical (unpaired) electrons. The van der Waals surface area contributed by atoms with Crippen molar-refractivity contribution in [2.75, 3.05) is 18.4 Å². The molecule has 1 fully saturated rings. The molecule has 11 heteroatoms. The molecule has 1 aliphatic rings. The van der Waals surface area contributed by atoms with Crippen LogP contribution in [0, 0.1) is 5.92 Å². The molecule has 2 heterocycles. The summed E-state index contributed by atoms with van der Waals surface area (Å²) in [6.07, 6.45) is -3.19. The van der Waals surface area contributed by atoms with E-state index in [1.165, 1.54) is 12.1 Å². The Labute approximate surface area is 197 Å². The van der Waals surface area contributed by atoms with Gasteiger partial charge in [0.1, 0.15) is 0 Å². The van der Waals surface area contributed by atoms with E-state index in [1.807, 2.05) is 0 Å². The molecule has 4 rings (SSSR count). The number of rotatable bonds is 5. The predicted octanol–water partition coefficient (Wildman–Crippen LogP) is 5.91. The number of likely N-dealkylation sites (tertiary alicyclic amines) is 1. The van der Waals surface area contributed by atoms with Crippen molar-refractivity contribution in [2.45, 2.75) is 25.6 Å². The zero-order valence-electron chi connectivity index (χ0n) is 17.2. The summed E-state index contributed by atoms with van der Waals surface area (Å²) in [5.74, 6) is 0.377. The minimum absolute atomic E-state index is 0.202. The van der Waals surface area contributed by atoms with Gasteiger partial charge in [-0.3, -0.25) is 9.69 Å². The minimum atomic E-state index is -4.41. The molecular formula is C22H19Cl2F3N4O2. The number of anilines is 1. The highest BCUT2D eigenvalue weighted by Gasteiger charge is 2.30. The lowest BCUT2D eigenvalue weighted by Gasteiger charge is -2.30. The van der Waals surface area contributed by atoms with Gasteiger partial charge in [0.15, 0.2) is 0 Å². The Morgan fingerprint density at radius 2 is 1.82 bits per heavy atom. The molecule has 0 bridgehead atoms. The van der Waals surface area contributed by atoms with Gasteiger partial charge in [-0.1, -0.05) is 28.4 Å². The maximum Gasteiger partial charge on any atom is 0.416 e. The molecule has 1 saturated heterocycles. The van der Waals surface area contributed by atoms with Gasteiger partial charge in [-0.05, 0) is 68.4 Å². The number of benzene rings is 2. The first kappa shape index (κ1) is 23.5. The van der Waals surface area contributed by atoms with Crippen LogP contribution in [0.15, 0.2) is 47.0 Å². The molecule has 1 N–H and O–H groups in total. The van der Waals surface area contributed by atoms with Crippen molar-refractivity contribution in [2.24, 2.45) is 5.92 Å². The topological polar surface area (TPSA) is 71.3 Å². The van der Waals surface area contributed by atoms with Crippen LogP contribution >= 0.6 is 23.2 Å². The summed E-state index contributed by atoms with van der Waals surface area (Å²) >= 11 is 12.1. The average Bonchev–Trinajstić information content (AvgIpc) is 3.22. The fourth-order valence-electron chi connectivity index (χ4n) is 3.63. The van der Waals surface area contributed by atoms with E-state index in [0.29, 0.717) is 65.5 Å². The fraction of sp³-hybridized carbons (Fsp3) is 0.318. The molecule has 0 spiro atoms. The molecule has 0 unspecified atom stereocenters. The minimum Gasteiger partial charge on any atom is -0.338 e. The highest BCUT2D eigenvalue weighted by atomic mass is 35.5. The second-order valence-electron chi connectivity index (χ2n) is 7.75. The highest BCUT2D eigenvalue weighted by Crippen LogP contribution is 2.31. The third-order valence-electron chi connectivity index (χ3n) is 5.44. The lowest BCUT2D eigenvalue weighted by atomic mass is 9.96. The number of nitrogens with zero attached hydrogens (tertiary/aromatic N) is 3. The smallest absolute Gasteiger partial charge is 0.338 e. The molecule has 1 aromatic heterocycles. The fourth-order valence-corrected chi connectivity index (χ4v) is 4.12.